The average molecular weight is 786 g/mol. The van der Waals surface area contributed by atoms with Gasteiger partial charge in [0, 0.05) is 6.42 Å². The molecular formula is C50H91NO5. The van der Waals surface area contributed by atoms with Gasteiger partial charge in [-0.15, -0.1) is 0 Å². The highest BCUT2D eigenvalue weighted by Crippen LogP contribution is 2.17. The van der Waals surface area contributed by atoms with Crippen LogP contribution in [0.1, 0.15) is 233 Å². The van der Waals surface area contributed by atoms with Crippen LogP contribution in [-0.4, -0.2) is 46.9 Å². The van der Waals surface area contributed by atoms with E-state index >= 15 is 0 Å². The Labute approximate surface area is 346 Å². The summed E-state index contributed by atoms with van der Waals surface area (Å²) in [4.78, 5) is 26.0. The summed E-state index contributed by atoms with van der Waals surface area (Å²) in [7, 11) is 0. The van der Waals surface area contributed by atoms with Crippen LogP contribution in [0.4, 0.5) is 0 Å². The highest BCUT2D eigenvalue weighted by molar-refractivity contribution is 5.77. The third-order valence-electron chi connectivity index (χ3n) is 10.6. The maximum absolute atomic E-state index is 13.1. The van der Waals surface area contributed by atoms with Gasteiger partial charge in [-0.1, -0.05) is 185 Å². The molecular weight excluding hydrogens is 695 g/mol. The second-order valence-corrected chi connectivity index (χ2v) is 16.1. The van der Waals surface area contributed by atoms with Crippen molar-refractivity contribution >= 4 is 11.9 Å². The molecule has 0 radical (unpaired) electrons. The lowest BCUT2D eigenvalue weighted by Crippen LogP contribution is -2.46. The Morgan fingerprint density at radius 1 is 0.536 bits per heavy atom. The molecule has 56 heavy (non-hydrogen) atoms. The van der Waals surface area contributed by atoms with Crippen molar-refractivity contribution < 1.29 is 24.5 Å². The number of nitrogens with one attached hydrogen (secondary N) is 1. The summed E-state index contributed by atoms with van der Waals surface area (Å²) in [6, 6.07) is -0.706. The molecule has 0 aliphatic rings. The van der Waals surface area contributed by atoms with Gasteiger partial charge in [0.1, 0.15) is 6.10 Å². The molecule has 3 atom stereocenters. The topological polar surface area (TPSA) is 95.9 Å². The lowest BCUT2D eigenvalue weighted by atomic mass is 10.0. The second kappa shape index (κ2) is 43.9. The van der Waals surface area contributed by atoms with E-state index in [0.29, 0.717) is 19.3 Å². The minimum atomic E-state index is -0.791. The van der Waals surface area contributed by atoms with Crippen molar-refractivity contribution in [2.75, 3.05) is 6.61 Å². The molecule has 0 saturated carbocycles. The Kier molecular flexibility index (Phi) is 42.2. The van der Waals surface area contributed by atoms with Crippen LogP contribution < -0.4 is 5.32 Å². The van der Waals surface area contributed by atoms with E-state index in [0.717, 1.165) is 96.3 Å². The Bertz CT molecular complexity index is 972. The summed E-state index contributed by atoms with van der Waals surface area (Å²) in [6.07, 6.45) is 51.7. The standard InChI is InChI=1S/C50H91NO5/c1-4-7-10-13-16-19-22-24-26-28-31-34-37-40-43-50(55)56-46(41-38-35-32-29-27-25-23-20-17-14-11-8-5-2)44-49(54)51-47(45-52)48(53)42-39-36-33-30-21-18-15-12-9-6-3/h7,10,16,19-20,23-24,26,46-48,52-53H,4-6,8-9,11-15,17-18,21-22,25,27-45H2,1-3H3,(H,51,54)/b10-7+,19-16+,23-20-,26-24+. The smallest absolute Gasteiger partial charge is 0.306 e. The molecule has 3 N–H and O–H groups in total. The van der Waals surface area contributed by atoms with Gasteiger partial charge in [-0.3, -0.25) is 9.59 Å². The van der Waals surface area contributed by atoms with E-state index in [1.54, 1.807) is 0 Å². The number of hydrogen-bond donors (Lipinski definition) is 3. The monoisotopic (exact) mass is 786 g/mol. The number of rotatable bonds is 42. The van der Waals surface area contributed by atoms with Crippen molar-refractivity contribution in [1.82, 2.24) is 5.32 Å². The lowest BCUT2D eigenvalue weighted by molar-refractivity contribution is -0.151. The lowest BCUT2D eigenvalue weighted by Gasteiger charge is -2.24. The number of hydrogen-bond acceptors (Lipinski definition) is 5. The molecule has 0 heterocycles. The quantitative estimate of drug-likeness (QED) is 0.0325. The van der Waals surface area contributed by atoms with Crippen molar-refractivity contribution in [2.45, 2.75) is 251 Å². The average Bonchev–Trinajstić information content (AvgIpc) is 3.19. The number of amides is 1. The predicted octanol–water partition coefficient (Wildman–Crippen LogP) is 13.9. The molecule has 0 aliphatic carbocycles. The molecule has 0 fully saturated rings. The van der Waals surface area contributed by atoms with Crippen molar-refractivity contribution in [1.29, 1.82) is 0 Å². The zero-order valence-electron chi connectivity index (χ0n) is 37.0. The van der Waals surface area contributed by atoms with Crippen molar-refractivity contribution in [3.8, 4) is 0 Å². The predicted molar refractivity (Wildman–Crippen MR) is 241 cm³/mol. The van der Waals surface area contributed by atoms with Crippen LogP contribution in [0.5, 0.6) is 0 Å². The second-order valence-electron chi connectivity index (χ2n) is 16.1. The Morgan fingerprint density at radius 3 is 1.50 bits per heavy atom. The van der Waals surface area contributed by atoms with Crippen LogP contribution in [0.3, 0.4) is 0 Å². The minimum absolute atomic E-state index is 0.0627. The molecule has 0 aromatic rings. The van der Waals surface area contributed by atoms with Gasteiger partial charge in [0.25, 0.3) is 0 Å². The maximum atomic E-state index is 13.1. The van der Waals surface area contributed by atoms with E-state index in [-0.39, 0.29) is 24.9 Å². The molecule has 0 aromatic carbocycles. The van der Waals surface area contributed by atoms with E-state index in [9.17, 15) is 19.8 Å². The summed E-state index contributed by atoms with van der Waals surface area (Å²) in [5, 5.41) is 23.6. The van der Waals surface area contributed by atoms with Gasteiger partial charge in [-0.2, -0.15) is 0 Å². The third kappa shape index (κ3) is 38.7. The van der Waals surface area contributed by atoms with E-state index in [2.05, 4.69) is 74.7 Å². The summed E-state index contributed by atoms with van der Waals surface area (Å²) in [6.45, 7) is 6.33. The zero-order valence-corrected chi connectivity index (χ0v) is 37.0. The van der Waals surface area contributed by atoms with Crippen LogP contribution in [-0.2, 0) is 14.3 Å². The van der Waals surface area contributed by atoms with E-state index in [1.807, 2.05) is 0 Å². The largest absolute Gasteiger partial charge is 0.462 e. The van der Waals surface area contributed by atoms with Crippen LogP contribution in [0.25, 0.3) is 0 Å². The first-order valence-corrected chi connectivity index (χ1v) is 23.9. The summed E-state index contributed by atoms with van der Waals surface area (Å²) < 4.78 is 5.90. The first-order valence-electron chi connectivity index (χ1n) is 23.9. The highest BCUT2D eigenvalue weighted by atomic mass is 16.5. The van der Waals surface area contributed by atoms with Crippen molar-refractivity contribution in [3.05, 3.63) is 48.6 Å². The normalized spacial score (nSPS) is 13.7. The number of aliphatic hydroxyl groups is 2. The molecule has 6 nitrogen and oxygen atoms in total. The van der Waals surface area contributed by atoms with Crippen LogP contribution >= 0.6 is 0 Å². The fourth-order valence-corrected chi connectivity index (χ4v) is 7.03. The number of ether oxygens (including phenoxy) is 1. The molecule has 0 aromatic heterocycles. The van der Waals surface area contributed by atoms with Gasteiger partial charge in [0.15, 0.2) is 0 Å². The number of carbonyl (C=O) groups is 2. The molecule has 0 saturated heterocycles. The molecule has 0 bridgehead atoms. The van der Waals surface area contributed by atoms with Gasteiger partial charge in [0.05, 0.1) is 25.2 Å². The molecule has 0 aliphatic heterocycles. The fraction of sp³-hybridized carbons (Fsp3) is 0.800. The van der Waals surface area contributed by atoms with E-state index in [4.69, 9.17) is 4.74 Å². The molecule has 6 heteroatoms. The highest BCUT2D eigenvalue weighted by Gasteiger charge is 2.24. The van der Waals surface area contributed by atoms with Gasteiger partial charge in [0.2, 0.25) is 5.91 Å². The molecule has 0 spiro atoms. The van der Waals surface area contributed by atoms with Crippen molar-refractivity contribution in [2.24, 2.45) is 0 Å². The maximum Gasteiger partial charge on any atom is 0.306 e. The number of esters is 1. The fourth-order valence-electron chi connectivity index (χ4n) is 7.03. The van der Waals surface area contributed by atoms with E-state index < -0.39 is 18.2 Å². The number of aliphatic hydroxyl groups excluding tert-OH is 2. The first-order chi connectivity index (χ1) is 27.5. The van der Waals surface area contributed by atoms with Crippen LogP contribution in [0, 0.1) is 0 Å². The Hall–Kier alpha value is -2.18. The summed E-state index contributed by atoms with van der Waals surface area (Å²) >= 11 is 0. The third-order valence-corrected chi connectivity index (χ3v) is 10.6. The molecule has 326 valence electrons. The Balaban J connectivity index is 4.64. The van der Waals surface area contributed by atoms with E-state index in [1.165, 1.54) is 89.9 Å². The summed E-state index contributed by atoms with van der Waals surface area (Å²) in [5.41, 5.74) is 0. The summed E-state index contributed by atoms with van der Waals surface area (Å²) in [5.74, 6) is -0.508. The Morgan fingerprint density at radius 2 is 0.964 bits per heavy atom. The van der Waals surface area contributed by atoms with Crippen LogP contribution in [0.2, 0.25) is 0 Å². The van der Waals surface area contributed by atoms with Gasteiger partial charge < -0.3 is 20.3 Å². The van der Waals surface area contributed by atoms with Gasteiger partial charge >= 0.3 is 5.97 Å². The SMILES string of the molecule is CC/C=C/C/C=C/C/C=C/CCCCCCC(=O)OC(CCCCCCC/C=C\CCCCCC)CC(=O)NC(CO)C(O)CCCCCCCCCCCC. The number of carbonyl (C=O) groups excluding carboxylic acids is 2. The minimum Gasteiger partial charge on any atom is -0.462 e. The molecule has 3 unspecified atom stereocenters. The van der Waals surface area contributed by atoms with Gasteiger partial charge in [-0.25, -0.2) is 0 Å². The van der Waals surface area contributed by atoms with Gasteiger partial charge in [-0.05, 0) is 83.5 Å². The molecule has 1 amide bonds. The van der Waals surface area contributed by atoms with Crippen LogP contribution in [0.15, 0.2) is 48.6 Å². The number of unbranched alkanes of at least 4 members (excludes halogenated alkanes) is 22. The van der Waals surface area contributed by atoms with Crippen molar-refractivity contribution in [3.63, 3.8) is 0 Å². The first kappa shape index (κ1) is 53.8. The zero-order chi connectivity index (χ0) is 41.0. The number of allylic oxidation sites excluding steroid dienone is 8. The molecule has 0 rings (SSSR count).